The molecule has 0 spiro atoms. The zero-order valence-electron chi connectivity index (χ0n) is 19.7. The fourth-order valence-electron chi connectivity index (χ4n) is 4.46. The van der Waals surface area contributed by atoms with E-state index in [-0.39, 0.29) is 0 Å². The maximum atomic E-state index is 11.5. The fraction of sp³-hybridized carbons (Fsp3) is 0.950. The summed E-state index contributed by atoms with van der Waals surface area (Å²) in [5.74, 6) is -0.627. The van der Waals surface area contributed by atoms with Crippen molar-refractivity contribution in [3.63, 3.8) is 0 Å². The molecule has 3 rings (SSSR count). The Kier molecular flexibility index (Phi) is 10.5. The second-order valence-corrected chi connectivity index (χ2v) is 9.07. The topological polar surface area (TPSA) is 278 Å². The van der Waals surface area contributed by atoms with Gasteiger partial charge in [-0.15, -0.1) is 0 Å². The molecule has 1 amide bonds. The highest BCUT2D eigenvalue weighted by molar-refractivity contribution is 5.73. The van der Waals surface area contributed by atoms with Gasteiger partial charge in [0.25, 0.3) is 0 Å². The summed E-state index contributed by atoms with van der Waals surface area (Å²) in [6.07, 6.45) is -23.4. The van der Waals surface area contributed by atoms with Gasteiger partial charge in [-0.3, -0.25) is 4.79 Å². The van der Waals surface area contributed by atoms with Crippen LogP contribution >= 0.6 is 0 Å². The highest BCUT2D eigenvalue weighted by atomic mass is 16.7. The van der Waals surface area contributed by atoms with Crippen LogP contribution in [0.2, 0.25) is 0 Å². The Morgan fingerprint density at radius 1 is 0.649 bits per heavy atom. The molecule has 0 bridgehead atoms. The summed E-state index contributed by atoms with van der Waals surface area (Å²) in [4.78, 5) is 11.5. The zero-order chi connectivity index (χ0) is 27.6. The number of carbonyl (C=O) groups is 1. The first-order chi connectivity index (χ1) is 17.4. The first-order valence-electron chi connectivity index (χ1n) is 11.6. The van der Waals surface area contributed by atoms with E-state index in [1.165, 1.54) is 0 Å². The normalized spacial score (nSPS) is 49.0. The van der Waals surface area contributed by atoms with E-state index in [1.807, 2.05) is 0 Å². The Labute approximate surface area is 210 Å². The first-order valence-corrected chi connectivity index (χ1v) is 11.6. The molecule has 0 radical (unpaired) electrons. The third-order valence-electron chi connectivity index (χ3n) is 6.50. The number of hydrogen-bond donors (Lipinski definition) is 11. The molecule has 3 aliphatic rings. The largest absolute Gasteiger partial charge is 0.394 e. The lowest BCUT2D eigenvalue weighted by molar-refractivity contribution is -0.375. The Morgan fingerprint density at radius 2 is 1.16 bits per heavy atom. The van der Waals surface area contributed by atoms with Gasteiger partial charge in [0.05, 0.1) is 19.8 Å². The van der Waals surface area contributed by atoms with E-state index in [9.17, 15) is 55.9 Å². The van der Waals surface area contributed by atoms with E-state index < -0.39 is 118 Å². The van der Waals surface area contributed by atoms with Gasteiger partial charge in [-0.1, -0.05) is 0 Å². The second kappa shape index (κ2) is 12.8. The lowest BCUT2D eigenvalue weighted by Gasteiger charge is -2.48. The van der Waals surface area contributed by atoms with Crippen molar-refractivity contribution < 1.29 is 79.5 Å². The number of ether oxygens (including phenoxy) is 5. The maximum Gasteiger partial charge on any atom is 0.217 e. The van der Waals surface area contributed by atoms with Crippen LogP contribution in [0.15, 0.2) is 0 Å². The molecule has 3 aliphatic heterocycles. The molecule has 0 aliphatic carbocycles. The molecule has 15 atom stereocenters. The van der Waals surface area contributed by atoms with Crippen LogP contribution < -0.4 is 5.32 Å². The van der Waals surface area contributed by atoms with Gasteiger partial charge in [0, 0.05) is 6.92 Å². The minimum absolute atomic E-state index is 0.627. The van der Waals surface area contributed by atoms with Crippen LogP contribution in [0.5, 0.6) is 0 Å². The molecule has 0 saturated carbocycles. The predicted molar refractivity (Wildman–Crippen MR) is 113 cm³/mol. The van der Waals surface area contributed by atoms with Gasteiger partial charge in [0.2, 0.25) is 5.91 Å². The van der Waals surface area contributed by atoms with Crippen molar-refractivity contribution in [3.05, 3.63) is 0 Å². The lowest BCUT2D eigenvalue weighted by Crippen LogP contribution is -2.68. The number of rotatable bonds is 8. The Balaban J connectivity index is 1.80. The molecule has 0 unspecified atom stereocenters. The lowest BCUT2D eigenvalue weighted by atomic mass is 9.95. The van der Waals surface area contributed by atoms with Crippen LogP contribution in [0.4, 0.5) is 0 Å². The summed E-state index contributed by atoms with van der Waals surface area (Å²) in [6, 6.07) is -1.40. The third-order valence-corrected chi connectivity index (χ3v) is 6.50. The van der Waals surface area contributed by atoms with Crippen LogP contribution in [0.1, 0.15) is 6.92 Å². The molecule has 3 heterocycles. The van der Waals surface area contributed by atoms with Crippen molar-refractivity contribution in [2.24, 2.45) is 0 Å². The minimum atomic E-state index is -1.91. The van der Waals surface area contributed by atoms with Gasteiger partial charge in [-0.25, -0.2) is 0 Å². The number of aliphatic hydroxyl groups excluding tert-OH is 10. The van der Waals surface area contributed by atoms with E-state index in [2.05, 4.69) is 5.32 Å². The van der Waals surface area contributed by atoms with Crippen LogP contribution in [0.25, 0.3) is 0 Å². The highest BCUT2D eigenvalue weighted by Gasteiger charge is 2.53. The molecule has 17 heteroatoms. The maximum absolute atomic E-state index is 11.5. The second-order valence-electron chi connectivity index (χ2n) is 9.07. The standard InChI is InChI=1S/C20H35NO16/c1-5(25)21-9-12(28)16(8(4-24)33-18(9)32)36-20-15(31)17(11(27)7(3-23)35-20)37-19-14(30)13(29)10(26)6(2-22)34-19/h6-20,22-24,26-32H,2-4H2,1H3,(H,21,25)/t6-,7-,8-,9-,10+,11+,12-,13+,14-,15-,16+,17+,18-,19-,20+/m1/s1. The molecule has 37 heavy (non-hydrogen) atoms. The predicted octanol–water partition coefficient (Wildman–Crippen LogP) is -7.43. The Hall–Kier alpha value is -1.13. The Morgan fingerprint density at radius 3 is 1.70 bits per heavy atom. The van der Waals surface area contributed by atoms with E-state index in [4.69, 9.17) is 23.7 Å². The molecule has 0 aromatic rings. The quantitative estimate of drug-likeness (QED) is 0.135. The van der Waals surface area contributed by atoms with Crippen molar-refractivity contribution in [1.82, 2.24) is 5.32 Å². The molecular formula is C20H35NO16. The minimum Gasteiger partial charge on any atom is -0.394 e. The molecular weight excluding hydrogens is 510 g/mol. The van der Waals surface area contributed by atoms with Gasteiger partial charge in [0.15, 0.2) is 18.9 Å². The highest BCUT2D eigenvalue weighted by Crippen LogP contribution is 2.32. The van der Waals surface area contributed by atoms with E-state index in [0.29, 0.717) is 0 Å². The van der Waals surface area contributed by atoms with Gasteiger partial charge >= 0.3 is 0 Å². The van der Waals surface area contributed by atoms with Crippen LogP contribution in [-0.2, 0) is 28.5 Å². The summed E-state index contributed by atoms with van der Waals surface area (Å²) in [6.45, 7) is -1.23. The smallest absolute Gasteiger partial charge is 0.217 e. The Bertz CT molecular complexity index is 745. The molecule has 17 nitrogen and oxygen atoms in total. The average Bonchev–Trinajstić information content (AvgIpc) is 2.86. The van der Waals surface area contributed by atoms with Crippen LogP contribution in [0.3, 0.4) is 0 Å². The van der Waals surface area contributed by atoms with E-state index in [0.717, 1.165) is 6.92 Å². The fourth-order valence-corrected chi connectivity index (χ4v) is 4.46. The average molecular weight is 545 g/mol. The van der Waals surface area contributed by atoms with Crippen LogP contribution in [0, 0.1) is 0 Å². The number of nitrogens with one attached hydrogen (secondary N) is 1. The van der Waals surface area contributed by atoms with Crippen molar-refractivity contribution in [1.29, 1.82) is 0 Å². The van der Waals surface area contributed by atoms with Crippen LogP contribution in [-0.4, -0.2) is 169 Å². The molecule has 216 valence electrons. The zero-order valence-corrected chi connectivity index (χ0v) is 19.7. The van der Waals surface area contributed by atoms with Gasteiger partial charge in [-0.2, -0.15) is 0 Å². The summed E-state index contributed by atoms with van der Waals surface area (Å²) in [5, 5.41) is 103. The summed E-state index contributed by atoms with van der Waals surface area (Å²) in [5.41, 5.74) is 0. The molecule has 11 N–H and O–H groups in total. The van der Waals surface area contributed by atoms with Gasteiger partial charge in [-0.05, 0) is 0 Å². The summed E-state index contributed by atoms with van der Waals surface area (Å²) >= 11 is 0. The first kappa shape index (κ1) is 30.4. The molecule has 0 aromatic heterocycles. The van der Waals surface area contributed by atoms with Crippen molar-refractivity contribution in [3.8, 4) is 0 Å². The van der Waals surface area contributed by atoms with E-state index in [1.54, 1.807) is 0 Å². The number of amides is 1. The third kappa shape index (κ3) is 6.38. The number of carbonyl (C=O) groups excluding carboxylic acids is 1. The number of aliphatic hydroxyl groups is 10. The summed E-state index contributed by atoms with van der Waals surface area (Å²) < 4.78 is 26.9. The molecule has 0 aromatic carbocycles. The SMILES string of the molecule is CC(=O)N[C@@H]1[C@@H](O)[C@@H](O[C@@H]2O[C@H](CO)[C@H](O)[C@H](O[C@H]3O[C@H](CO)[C@H](O)[C@H](O)[C@H]3O)[C@H]2O)[C@@H](CO)O[C@H]1O. The molecule has 3 fully saturated rings. The van der Waals surface area contributed by atoms with Crippen molar-refractivity contribution in [2.45, 2.75) is 99.0 Å². The summed E-state index contributed by atoms with van der Waals surface area (Å²) in [7, 11) is 0. The molecule has 3 saturated heterocycles. The van der Waals surface area contributed by atoms with Crippen molar-refractivity contribution in [2.75, 3.05) is 19.8 Å². The monoisotopic (exact) mass is 545 g/mol. The van der Waals surface area contributed by atoms with Gasteiger partial charge in [0.1, 0.15) is 73.2 Å². The van der Waals surface area contributed by atoms with Gasteiger partial charge < -0.3 is 80.1 Å². The van der Waals surface area contributed by atoms with Crippen molar-refractivity contribution >= 4 is 5.91 Å². The van der Waals surface area contributed by atoms with E-state index >= 15 is 0 Å². The number of hydrogen-bond acceptors (Lipinski definition) is 16.